The van der Waals surface area contributed by atoms with Gasteiger partial charge in [-0.2, -0.15) is 0 Å². The lowest BCUT2D eigenvalue weighted by molar-refractivity contribution is 0.101. The fourth-order valence-corrected chi connectivity index (χ4v) is 3.53. The van der Waals surface area contributed by atoms with Crippen LogP contribution in [-0.2, 0) is 0 Å². The molecule has 0 atom stereocenters. The number of pyridine rings is 1. The van der Waals surface area contributed by atoms with Crippen LogP contribution in [-0.4, -0.2) is 17.3 Å². The quantitative estimate of drug-likeness (QED) is 0.340. The maximum atomic E-state index is 12.0. The number of aromatic nitrogens is 1. The number of carbonyl (C=O) groups is 1. The standard InChI is InChI=1S/C20H18N2O2/c1-11-17(12(2)23)10-20-18-9-14(24-3)5-7-15(18)16-6-4-13(21)8-19(16)22(11)20/h4-10H,21H2,1-3H3. The maximum absolute atomic E-state index is 12.0. The molecule has 2 heterocycles. The van der Waals surface area contributed by atoms with Gasteiger partial charge in [-0.25, -0.2) is 0 Å². The maximum Gasteiger partial charge on any atom is 0.161 e. The molecule has 2 N–H and O–H groups in total. The summed E-state index contributed by atoms with van der Waals surface area (Å²) in [5.74, 6) is 0.853. The van der Waals surface area contributed by atoms with Crippen molar-refractivity contribution in [2.24, 2.45) is 0 Å². The molecule has 0 aliphatic rings. The van der Waals surface area contributed by atoms with Crippen LogP contribution in [0.25, 0.3) is 27.2 Å². The van der Waals surface area contributed by atoms with E-state index in [9.17, 15) is 4.79 Å². The van der Waals surface area contributed by atoms with Crippen molar-refractivity contribution in [2.45, 2.75) is 13.8 Å². The second-order valence-electron chi connectivity index (χ2n) is 6.11. The fourth-order valence-electron chi connectivity index (χ4n) is 3.53. The summed E-state index contributed by atoms with van der Waals surface area (Å²) in [6.45, 7) is 3.57. The van der Waals surface area contributed by atoms with Gasteiger partial charge in [0, 0.05) is 27.7 Å². The average molecular weight is 318 g/mol. The summed E-state index contributed by atoms with van der Waals surface area (Å²) < 4.78 is 7.51. The number of fused-ring (bicyclic) bond motifs is 6. The smallest absolute Gasteiger partial charge is 0.161 e. The third-order valence-electron chi connectivity index (χ3n) is 4.68. The van der Waals surface area contributed by atoms with Crippen molar-refractivity contribution in [3.05, 3.63) is 53.7 Å². The van der Waals surface area contributed by atoms with Crippen molar-refractivity contribution in [3.8, 4) is 5.75 Å². The minimum atomic E-state index is 0.0595. The lowest BCUT2D eigenvalue weighted by Crippen LogP contribution is -1.97. The van der Waals surface area contributed by atoms with E-state index >= 15 is 0 Å². The Kier molecular flexibility index (Phi) is 3.03. The third kappa shape index (κ3) is 1.89. The summed E-state index contributed by atoms with van der Waals surface area (Å²) in [7, 11) is 1.66. The van der Waals surface area contributed by atoms with Crippen molar-refractivity contribution in [1.29, 1.82) is 0 Å². The van der Waals surface area contributed by atoms with Crippen molar-refractivity contribution < 1.29 is 9.53 Å². The van der Waals surface area contributed by atoms with Crippen molar-refractivity contribution in [1.82, 2.24) is 4.40 Å². The molecule has 0 saturated heterocycles. The van der Waals surface area contributed by atoms with Crippen LogP contribution >= 0.6 is 0 Å². The molecule has 4 nitrogen and oxygen atoms in total. The lowest BCUT2D eigenvalue weighted by atomic mass is 10.0. The zero-order valence-corrected chi connectivity index (χ0v) is 13.9. The molecule has 0 aliphatic carbocycles. The zero-order valence-electron chi connectivity index (χ0n) is 13.9. The molecular weight excluding hydrogens is 300 g/mol. The monoisotopic (exact) mass is 318 g/mol. The van der Waals surface area contributed by atoms with Gasteiger partial charge < -0.3 is 14.9 Å². The van der Waals surface area contributed by atoms with E-state index in [0.29, 0.717) is 5.69 Å². The van der Waals surface area contributed by atoms with E-state index in [-0.39, 0.29) is 5.78 Å². The van der Waals surface area contributed by atoms with Gasteiger partial charge >= 0.3 is 0 Å². The lowest BCUT2D eigenvalue weighted by Gasteiger charge is -2.12. The molecule has 0 bridgehead atoms. The number of Topliss-reactive ketones (excluding diaryl/α,β-unsaturated/α-hetero) is 1. The number of anilines is 1. The second-order valence-corrected chi connectivity index (χ2v) is 6.11. The highest BCUT2D eigenvalue weighted by Crippen LogP contribution is 2.35. The van der Waals surface area contributed by atoms with Gasteiger partial charge in [-0.3, -0.25) is 4.79 Å². The molecule has 0 saturated carbocycles. The number of rotatable bonds is 2. The summed E-state index contributed by atoms with van der Waals surface area (Å²) in [6, 6.07) is 13.9. The number of ether oxygens (including phenoxy) is 1. The van der Waals surface area contributed by atoms with Crippen molar-refractivity contribution in [2.75, 3.05) is 12.8 Å². The number of hydrogen-bond acceptors (Lipinski definition) is 3. The highest BCUT2D eigenvalue weighted by Gasteiger charge is 2.16. The highest BCUT2D eigenvalue weighted by molar-refractivity contribution is 6.15. The number of ketones is 1. The topological polar surface area (TPSA) is 56.7 Å². The Balaban J connectivity index is 2.34. The van der Waals surface area contributed by atoms with Crippen LogP contribution in [0.15, 0.2) is 42.5 Å². The van der Waals surface area contributed by atoms with Gasteiger partial charge in [0.05, 0.1) is 18.1 Å². The van der Waals surface area contributed by atoms with E-state index in [2.05, 4.69) is 10.5 Å². The van der Waals surface area contributed by atoms with Gasteiger partial charge in [0.25, 0.3) is 0 Å². The van der Waals surface area contributed by atoms with Crippen LogP contribution in [0.4, 0.5) is 5.69 Å². The van der Waals surface area contributed by atoms with E-state index in [4.69, 9.17) is 10.5 Å². The summed E-state index contributed by atoms with van der Waals surface area (Å²) in [5.41, 5.74) is 10.4. The van der Waals surface area contributed by atoms with Crippen molar-refractivity contribution in [3.63, 3.8) is 0 Å². The van der Waals surface area contributed by atoms with Crippen LogP contribution in [0, 0.1) is 6.92 Å². The number of nitrogens with two attached hydrogens (primary N) is 1. The summed E-state index contributed by atoms with van der Waals surface area (Å²) in [6.07, 6.45) is 0. The molecule has 4 rings (SSSR count). The van der Waals surface area contributed by atoms with Crippen LogP contribution in [0.1, 0.15) is 23.0 Å². The summed E-state index contributed by atoms with van der Waals surface area (Å²) in [5, 5.41) is 3.27. The molecule has 24 heavy (non-hydrogen) atoms. The molecule has 4 heteroatoms. The van der Waals surface area contributed by atoms with Crippen LogP contribution in [0.5, 0.6) is 5.75 Å². The van der Waals surface area contributed by atoms with Crippen LogP contribution < -0.4 is 10.5 Å². The molecule has 120 valence electrons. The number of nitrogens with zero attached hydrogens (tertiary/aromatic N) is 1. The SMILES string of the molecule is COc1ccc2c3ccc(N)cc3n3c(C)c(C(C)=O)cc3c2c1. The first-order chi connectivity index (χ1) is 11.5. The third-order valence-corrected chi connectivity index (χ3v) is 4.68. The Morgan fingerprint density at radius 1 is 1.00 bits per heavy atom. The number of aryl methyl sites for hydroxylation is 1. The van der Waals surface area contributed by atoms with Crippen molar-refractivity contribution >= 4 is 38.7 Å². The first-order valence-electron chi connectivity index (χ1n) is 7.83. The molecule has 2 aromatic carbocycles. The Morgan fingerprint density at radius 3 is 2.42 bits per heavy atom. The normalized spacial score (nSPS) is 11.5. The van der Waals surface area contributed by atoms with E-state index in [0.717, 1.165) is 44.2 Å². The minimum absolute atomic E-state index is 0.0595. The number of hydrogen-bond donors (Lipinski definition) is 1. The zero-order chi connectivity index (χ0) is 17.0. The fraction of sp³-hybridized carbons (Fsp3) is 0.150. The molecule has 2 aromatic heterocycles. The minimum Gasteiger partial charge on any atom is -0.497 e. The molecule has 4 aromatic rings. The Morgan fingerprint density at radius 2 is 1.71 bits per heavy atom. The number of carbonyl (C=O) groups excluding carboxylic acids is 1. The summed E-state index contributed by atoms with van der Waals surface area (Å²) >= 11 is 0. The predicted molar refractivity (Wildman–Crippen MR) is 98.1 cm³/mol. The van der Waals surface area contributed by atoms with Gasteiger partial charge in [-0.15, -0.1) is 0 Å². The Labute approximate surface area is 139 Å². The number of methoxy groups -OCH3 is 1. The molecule has 0 radical (unpaired) electrons. The number of nitrogen functional groups attached to an aromatic ring is 1. The highest BCUT2D eigenvalue weighted by atomic mass is 16.5. The Bertz CT molecular complexity index is 1140. The van der Waals surface area contributed by atoms with Gasteiger partial charge in [0.15, 0.2) is 5.78 Å². The largest absolute Gasteiger partial charge is 0.497 e. The van der Waals surface area contributed by atoms with Gasteiger partial charge in [-0.1, -0.05) is 6.07 Å². The van der Waals surface area contributed by atoms with Crippen LogP contribution in [0.3, 0.4) is 0 Å². The molecular formula is C20H18N2O2. The van der Waals surface area contributed by atoms with E-state index < -0.39 is 0 Å². The molecule has 0 spiro atoms. The van der Waals surface area contributed by atoms with Gasteiger partial charge in [0.2, 0.25) is 0 Å². The molecule has 0 fully saturated rings. The Hall–Kier alpha value is -3.01. The second kappa shape index (κ2) is 4.99. The van der Waals surface area contributed by atoms with Gasteiger partial charge in [0.1, 0.15) is 5.75 Å². The molecule has 0 unspecified atom stereocenters. The van der Waals surface area contributed by atoms with E-state index in [1.54, 1.807) is 14.0 Å². The van der Waals surface area contributed by atoms with Gasteiger partial charge in [-0.05, 0) is 55.6 Å². The molecule has 0 amide bonds. The first kappa shape index (κ1) is 14.6. The summed E-state index contributed by atoms with van der Waals surface area (Å²) in [4.78, 5) is 12.0. The average Bonchev–Trinajstić information content (AvgIpc) is 2.92. The van der Waals surface area contributed by atoms with Crippen LogP contribution in [0.2, 0.25) is 0 Å². The first-order valence-corrected chi connectivity index (χ1v) is 7.83. The predicted octanol–water partition coefficient (Wildman–Crippen LogP) is 4.35. The number of benzene rings is 2. The van der Waals surface area contributed by atoms with E-state index in [1.807, 2.05) is 43.3 Å². The molecule has 0 aliphatic heterocycles. The van der Waals surface area contributed by atoms with E-state index in [1.165, 1.54) is 0 Å².